The van der Waals surface area contributed by atoms with Gasteiger partial charge in [-0.25, -0.2) is 8.42 Å². The number of sulfone groups is 1. The topological polar surface area (TPSA) is 63.4 Å². The van der Waals surface area contributed by atoms with E-state index in [0.717, 1.165) is 18.8 Å². The van der Waals surface area contributed by atoms with Crippen molar-refractivity contribution in [3.63, 3.8) is 0 Å². The van der Waals surface area contributed by atoms with Crippen molar-refractivity contribution >= 4 is 15.5 Å². The molecule has 0 fully saturated rings. The first-order valence-electron chi connectivity index (χ1n) is 6.40. The number of halogens is 2. The minimum absolute atomic E-state index is 0.291. The van der Waals surface area contributed by atoms with Crippen LogP contribution in [0.4, 0.5) is 14.5 Å². The van der Waals surface area contributed by atoms with Gasteiger partial charge in [-0.15, -0.1) is 0 Å². The molecular weight excluding hydrogens is 286 g/mol. The van der Waals surface area contributed by atoms with Gasteiger partial charge in [-0.3, -0.25) is 0 Å². The number of hydrogen-bond donors (Lipinski definition) is 1. The second-order valence-corrected chi connectivity index (χ2v) is 6.60. The van der Waals surface area contributed by atoms with Gasteiger partial charge in [0, 0.05) is 18.8 Å². The van der Waals surface area contributed by atoms with E-state index in [1.807, 2.05) is 18.7 Å². The van der Waals surface area contributed by atoms with Crippen LogP contribution < -0.4 is 10.6 Å². The van der Waals surface area contributed by atoms with Crippen LogP contribution in [-0.4, -0.2) is 33.8 Å². The van der Waals surface area contributed by atoms with Crippen LogP contribution in [0.5, 0.6) is 0 Å². The Morgan fingerprint density at radius 2 is 1.80 bits per heavy atom. The quantitative estimate of drug-likeness (QED) is 0.838. The lowest BCUT2D eigenvalue weighted by Gasteiger charge is -2.26. The summed E-state index contributed by atoms with van der Waals surface area (Å²) in [5.41, 5.74) is 6.37. The van der Waals surface area contributed by atoms with Crippen LogP contribution in [0.15, 0.2) is 29.2 Å². The number of nitrogens with two attached hydrogens (primary N) is 1. The molecule has 0 saturated heterocycles. The van der Waals surface area contributed by atoms with Crippen LogP contribution in [0.3, 0.4) is 0 Å². The lowest BCUT2D eigenvalue weighted by molar-refractivity contribution is 0.234. The van der Waals surface area contributed by atoms with Gasteiger partial charge in [0.25, 0.3) is 0 Å². The van der Waals surface area contributed by atoms with E-state index in [1.54, 1.807) is 12.1 Å². The van der Waals surface area contributed by atoms with E-state index in [0.29, 0.717) is 12.5 Å². The third-order valence-corrected chi connectivity index (χ3v) is 4.48. The molecule has 0 amide bonds. The summed E-state index contributed by atoms with van der Waals surface area (Å²) in [4.78, 5) is 1.66. The molecule has 1 atom stereocenters. The molecule has 0 saturated carbocycles. The molecule has 4 nitrogen and oxygen atoms in total. The molecule has 0 radical (unpaired) electrons. The van der Waals surface area contributed by atoms with Crippen molar-refractivity contribution in [2.45, 2.75) is 24.5 Å². The monoisotopic (exact) mass is 306 g/mol. The van der Waals surface area contributed by atoms with Gasteiger partial charge in [0.05, 0.1) is 4.90 Å². The fraction of sp³-hybridized carbons (Fsp3) is 0.538. The van der Waals surface area contributed by atoms with Gasteiger partial charge < -0.3 is 10.6 Å². The number of alkyl halides is 2. The van der Waals surface area contributed by atoms with Crippen molar-refractivity contribution in [1.29, 1.82) is 0 Å². The number of benzene rings is 1. The van der Waals surface area contributed by atoms with Gasteiger partial charge in [-0.05, 0) is 43.7 Å². The third-order valence-electron chi connectivity index (χ3n) is 3.08. The Hall–Kier alpha value is -1.21. The van der Waals surface area contributed by atoms with Crippen LogP contribution in [-0.2, 0) is 9.84 Å². The molecule has 0 bridgehead atoms. The molecule has 0 heterocycles. The zero-order valence-corrected chi connectivity index (χ0v) is 12.4. The highest BCUT2D eigenvalue weighted by Gasteiger charge is 2.26. The highest BCUT2D eigenvalue weighted by atomic mass is 32.2. The van der Waals surface area contributed by atoms with Gasteiger partial charge in [0.2, 0.25) is 9.84 Å². The van der Waals surface area contributed by atoms with Crippen molar-refractivity contribution in [2.24, 2.45) is 11.7 Å². The number of nitrogens with zero attached hydrogens (tertiary/aromatic N) is 1. The smallest absolute Gasteiger partial charge is 0.341 e. The first-order chi connectivity index (χ1) is 9.32. The van der Waals surface area contributed by atoms with Crippen LogP contribution in [0.1, 0.15) is 13.8 Å². The van der Waals surface area contributed by atoms with Gasteiger partial charge in [0.1, 0.15) is 0 Å². The molecule has 1 rings (SSSR count). The largest absolute Gasteiger partial charge is 0.371 e. The van der Waals surface area contributed by atoms with E-state index < -0.39 is 15.6 Å². The fourth-order valence-electron chi connectivity index (χ4n) is 1.82. The Balaban J connectivity index is 2.95. The number of hydrogen-bond acceptors (Lipinski definition) is 4. The number of rotatable bonds is 7. The Labute approximate surface area is 118 Å². The standard InChI is InChI=1S/C13H20F2N2O2S/c1-3-17(9-10(2)8-16)11-4-6-12(7-5-11)20(18,19)13(14)15/h4-7,10,13H,3,8-9,16H2,1-2H3. The SMILES string of the molecule is CCN(CC(C)CN)c1ccc(S(=O)(=O)C(F)F)cc1. The summed E-state index contributed by atoms with van der Waals surface area (Å²) in [6.07, 6.45) is 0. The summed E-state index contributed by atoms with van der Waals surface area (Å²) in [5.74, 6) is -3.10. The van der Waals surface area contributed by atoms with Crippen LogP contribution in [0, 0.1) is 5.92 Å². The highest BCUT2D eigenvalue weighted by molar-refractivity contribution is 7.91. The van der Waals surface area contributed by atoms with Crippen molar-refractivity contribution in [1.82, 2.24) is 0 Å². The Bertz CT molecular complexity index is 518. The van der Waals surface area contributed by atoms with Gasteiger partial charge in [0.15, 0.2) is 0 Å². The molecule has 0 aliphatic rings. The summed E-state index contributed by atoms with van der Waals surface area (Å²) < 4.78 is 47.5. The fourth-order valence-corrected chi connectivity index (χ4v) is 2.54. The third kappa shape index (κ3) is 3.89. The Kier molecular flexibility index (Phi) is 5.88. The maximum atomic E-state index is 12.4. The summed E-state index contributed by atoms with van der Waals surface area (Å²) >= 11 is 0. The molecule has 1 aromatic rings. The van der Waals surface area contributed by atoms with E-state index in [2.05, 4.69) is 0 Å². The Morgan fingerprint density at radius 1 is 1.25 bits per heavy atom. The average molecular weight is 306 g/mol. The van der Waals surface area contributed by atoms with Crippen molar-refractivity contribution in [3.8, 4) is 0 Å². The summed E-state index contributed by atoms with van der Waals surface area (Å²) in [6.45, 7) is 5.99. The van der Waals surface area contributed by atoms with E-state index >= 15 is 0 Å². The maximum Gasteiger partial charge on any atom is 0.341 e. The van der Waals surface area contributed by atoms with E-state index in [4.69, 9.17) is 5.73 Å². The lowest BCUT2D eigenvalue weighted by Crippen LogP contribution is -2.31. The predicted octanol–water partition coefficient (Wildman–Crippen LogP) is 2.10. The molecule has 20 heavy (non-hydrogen) atoms. The maximum absolute atomic E-state index is 12.4. The molecule has 0 aromatic heterocycles. The number of anilines is 1. The molecule has 1 aromatic carbocycles. The predicted molar refractivity (Wildman–Crippen MR) is 75.7 cm³/mol. The molecule has 0 aliphatic carbocycles. The first-order valence-corrected chi connectivity index (χ1v) is 7.94. The van der Waals surface area contributed by atoms with Crippen LogP contribution in [0.2, 0.25) is 0 Å². The van der Waals surface area contributed by atoms with Gasteiger partial charge >= 0.3 is 5.76 Å². The molecular formula is C13H20F2N2O2S. The first kappa shape index (κ1) is 16.8. The normalized spacial score (nSPS) is 13.5. The molecule has 7 heteroatoms. The summed E-state index contributed by atoms with van der Waals surface area (Å²) in [6, 6.07) is 5.52. The van der Waals surface area contributed by atoms with E-state index in [-0.39, 0.29) is 4.90 Å². The Morgan fingerprint density at radius 3 is 2.20 bits per heavy atom. The minimum Gasteiger partial charge on any atom is -0.371 e. The van der Waals surface area contributed by atoms with Crippen molar-refractivity contribution in [3.05, 3.63) is 24.3 Å². The van der Waals surface area contributed by atoms with Crippen LogP contribution >= 0.6 is 0 Å². The van der Waals surface area contributed by atoms with Gasteiger partial charge in [-0.1, -0.05) is 6.92 Å². The zero-order valence-electron chi connectivity index (χ0n) is 11.6. The molecule has 2 N–H and O–H groups in total. The summed E-state index contributed by atoms with van der Waals surface area (Å²) in [7, 11) is -4.53. The second-order valence-electron chi connectivity index (χ2n) is 4.68. The molecule has 0 aliphatic heterocycles. The lowest BCUT2D eigenvalue weighted by atomic mass is 10.1. The molecule has 0 spiro atoms. The van der Waals surface area contributed by atoms with E-state index in [9.17, 15) is 17.2 Å². The molecule has 114 valence electrons. The zero-order chi connectivity index (χ0) is 15.3. The van der Waals surface area contributed by atoms with Crippen molar-refractivity contribution < 1.29 is 17.2 Å². The average Bonchev–Trinajstić information content (AvgIpc) is 2.44. The second kappa shape index (κ2) is 6.99. The van der Waals surface area contributed by atoms with Crippen LogP contribution in [0.25, 0.3) is 0 Å². The minimum atomic E-state index is -4.53. The van der Waals surface area contributed by atoms with Gasteiger partial charge in [-0.2, -0.15) is 8.78 Å². The van der Waals surface area contributed by atoms with E-state index in [1.165, 1.54) is 12.1 Å². The molecule has 1 unspecified atom stereocenters. The highest BCUT2D eigenvalue weighted by Crippen LogP contribution is 2.22. The van der Waals surface area contributed by atoms with Crippen molar-refractivity contribution in [2.75, 3.05) is 24.5 Å². The summed E-state index contributed by atoms with van der Waals surface area (Å²) in [5, 5.41) is 0.